The van der Waals surface area contributed by atoms with E-state index < -0.39 is 0 Å². The summed E-state index contributed by atoms with van der Waals surface area (Å²) in [7, 11) is 5.65. The maximum absolute atomic E-state index is 5.05. The van der Waals surface area contributed by atoms with Crippen molar-refractivity contribution in [2.24, 2.45) is 4.99 Å². The number of nitrogens with one attached hydrogen (secondary N) is 2. The number of guanidine groups is 1. The van der Waals surface area contributed by atoms with Gasteiger partial charge in [-0.2, -0.15) is 0 Å². The van der Waals surface area contributed by atoms with E-state index in [1.807, 2.05) is 7.05 Å². The number of rotatable bonds is 11. The van der Waals surface area contributed by atoms with Gasteiger partial charge in [-0.05, 0) is 13.5 Å². The van der Waals surface area contributed by atoms with Gasteiger partial charge in [0.2, 0.25) is 0 Å². The van der Waals surface area contributed by atoms with Crippen LogP contribution in [-0.4, -0.2) is 64.9 Å². The summed E-state index contributed by atoms with van der Waals surface area (Å²) in [6, 6.07) is 0. The van der Waals surface area contributed by atoms with Gasteiger partial charge in [-0.3, -0.25) is 4.99 Å². The fourth-order valence-corrected chi connectivity index (χ4v) is 1.70. The summed E-state index contributed by atoms with van der Waals surface area (Å²) in [5, 5.41) is 6.66. The molecule has 0 aromatic heterocycles. The molecule has 0 amide bonds. The second-order valence-electron chi connectivity index (χ2n) is 4.78. The Balaban J connectivity index is 0. The highest BCUT2D eigenvalue weighted by Crippen LogP contribution is 1.96. The Morgan fingerprint density at radius 1 is 1.10 bits per heavy atom. The van der Waals surface area contributed by atoms with Crippen LogP contribution in [0.15, 0.2) is 4.99 Å². The smallest absolute Gasteiger partial charge is 0.191 e. The Labute approximate surface area is 141 Å². The number of aliphatic imine (C=N–C) groups is 1. The third-order valence-electron chi connectivity index (χ3n) is 3.01. The predicted molar refractivity (Wildman–Crippen MR) is 98.3 cm³/mol. The van der Waals surface area contributed by atoms with Crippen molar-refractivity contribution in [1.29, 1.82) is 0 Å². The fraction of sp³-hybridized carbons (Fsp3) is 0.929. The summed E-state index contributed by atoms with van der Waals surface area (Å²) in [6.07, 6.45) is 5.10. The van der Waals surface area contributed by atoms with Crippen LogP contribution in [-0.2, 0) is 4.74 Å². The minimum absolute atomic E-state index is 0. The average Bonchev–Trinajstić information content (AvgIpc) is 2.42. The van der Waals surface area contributed by atoms with Gasteiger partial charge < -0.3 is 20.3 Å². The first kappa shape index (κ1) is 22.2. The normalized spacial score (nSPS) is 11.3. The zero-order valence-electron chi connectivity index (χ0n) is 13.6. The quantitative estimate of drug-likeness (QED) is 0.241. The fourth-order valence-electron chi connectivity index (χ4n) is 1.70. The molecule has 0 heterocycles. The first-order valence-electron chi connectivity index (χ1n) is 7.36. The Morgan fingerprint density at radius 2 is 1.80 bits per heavy atom. The molecule has 0 atom stereocenters. The van der Waals surface area contributed by atoms with Gasteiger partial charge >= 0.3 is 0 Å². The van der Waals surface area contributed by atoms with Crippen molar-refractivity contribution in [2.75, 3.05) is 54.0 Å². The number of ether oxygens (including phenoxy) is 1. The van der Waals surface area contributed by atoms with Gasteiger partial charge in [-0.25, -0.2) is 0 Å². The van der Waals surface area contributed by atoms with E-state index in [-0.39, 0.29) is 24.0 Å². The van der Waals surface area contributed by atoms with Gasteiger partial charge in [-0.15, -0.1) is 24.0 Å². The molecule has 2 N–H and O–H groups in total. The molecule has 0 aromatic carbocycles. The molecule has 0 spiro atoms. The van der Waals surface area contributed by atoms with Gasteiger partial charge in [0.15, 0.2) is 5.96 Å². The van der Waals surface area contributed by atoms with Crippen LogP contribution in [0.4, 0.5) is 0 Å². The zero-order chi connectivity index (χ0) is 14.3. The van der Waals surface area contributed by atoms with Crippen LogP contribution < -0.4 is 10.6 Å². The molecule has 0 aliphatic carbocycles. The van der Waals surface area contributed by atoms with E-state index >= 15 is 0 Å². The van der Waals surface area contributed by atoms with E-state index in [0.29, 0.717) is 0 Å². The van der Waals surface area contributed by atoms with Crippen molar-refractivity contribution >= 4 is 29.9 Å². The van der Waals surface area contributed by atoms with Crippen molar-refractivity contribution in [3.8, 4) is 0 Å². The molecule has 0 aromatic rings. The first-order valence-corrected chi connectivity index (χ1v) is 7.36. The van der Waals surface area contributed by atoms with E-state index in [1.165, 1.54) is 25.7 Å². The van der Waals surface area contributed by atoms with Crippen LogP contribution in [0.2, 0.25) is 0 Å². The van der Waals surface area contributed by atoms with E-state index in [1.54, 1.807) is 7.11 Å². The monoisotopic (exact) mass is 400 g/mol. The number of unbranched alkanes of at least 4 members (excludes halogenated alkanes) is 3. The second-order valence-corrected chi connectivity index (χ2v) is 4.78. The molecule has 0 rings (SSSR count). The van der Waals surface area contributed by atoms with Gasteiger partial charge in [0.25, 0.3) is 0 Å². The molecule has 5 nitrogen and oxygen atoms in total. The Kier molecular flexibility index (Phi) is 18.8. The Hall–Kier alpha value is -0.0800. The molecule has 0 saturated carbocycles. The number of nitrogens with zero attached hydrogens (tertiary/aromatic N) is 2. The van der Waals surface area contributed by atoms with E-state index in [9.17, 15) is 0 Å². The summed E-state index contributed by atoms with van der Waals surface area (Å²) in [5.41, 5.74) is 0. The lowest BCUT2D eigenvalue weighted by molar-refractivity contribution is 0.162. The van der Waals surface area contributed by atoms with Gasteiger partial charge in [0.1, 0.15) is 0 Å². The number of methoxy groups -OCH3 is 1. The summed E-state index contributed by atoms with van der Waals surface area (Å²) >= 11 is 0. The zero-order valence-corrected chi connectivity index (χ0v) is 15.9. The lowest BCUT2D eigenvalue weighted by Crippen LogP contribution is -2.41. The number of hydrogen-bond acceptors (Lipinski definition) is 3. The van der Waals surface area contributed by atoms with Crippen LogP contribution in [0, 0.1) is 0 Å². The summed E-state index contributed by atoms with van der Waals surface area (Å²) in [6.45, 7) is 6.85. The third kappa shape index (κ3) is 14.3. The largest absolute Gasteiger partial charge is 0.383 e. The van der Waals surface area contributed by atoms with Crippen molar-refractivity contribution in [3.05, 3.63) is 0 Å². The second kappa shape index (κ2) is 17.0. The molecular weight excluding hydrogens is 367 g/mol. The Bertz CT molecular complexity index is 227. The highest BCUT2D eigenvalue weighted by molar-refractivity contribution is 14.0. The van der Waals surface area contributed by atoms with Crippen molar-refractivity contribution in [2.45, 2.75) is 32.6 Å². The summed E-state index contributed by atoms with van der Waals surface area (Å²) < 4.78 is 5.05. The molecule has 20 heavy (non-hydrogen) atoms. The van der Waals surface area contributed by atoms with Crippen LogP contribution >= 0.6 is 24.0 Å². The standard InChI is InChI=1S/C14H32N4O.HI/c1-5-6-7-8-9-16-14(15-2)17-10-11-18(3)12-13-19-4;/h5-13H2,1-4H3,(H2,15,16,17);1H. The van der Waals surface area contributed by atoms with E-state index in [0.717, 1.165) is 38.7 Å². The van der Waals surface area contributed by atoms with Crippen LogP contribution in [0.5, 0.6) is 0 Å². The van der Waals surface area contributed by atoms with Crippen LogP contribution in [0.25, 0.3) is 0 Å². The van der Waals surface area contributed by atoms with Gasteiger partial charge in [0, 0.05) is 40.3 Å². The maximum Gasteiger partial charge on any atom is 0.191 e. The molecular formula is C14H33IN4O. The number of hydrogen-bond donors (Lipinski definition) is 2. The van der Waals surface area contributed by atoms with Crippen molar-refractivity contribution in [3.63, 3.8) is 0 Å². The topological polar surface area (TPSA) is 48.9 Å². The van der Waals surface area contributed by atoms with Crippen LogP contribution in [0.3, 0.4) is 0 Å². The molecule has 0 aliphatic rings. The van der Waals surface area contributed by atoms with E-state index in [4.69, 9.17) is 4.74 Å². The molecule has 122 valence electrons. The van der Waals surface area contributed by atoms with Gasteiger partial charge in [0.05, 0.1) is 6.61 Å². The highest BCUT2D eigenvalue weighted by Gasteiger charge is 1.99. The molecule has 0 fully saturated rings. The van der Waals surface area contributed by atoms with Crippen molar-refractivity contribution in [1.82, 2.24) is 15.5 Å². The first-order chi connectivity index (χ1) is 9.24. The van der Waals surface area contributed by atoms with Crippen LogP contribution in [0.1, 0.15) is 32.6 Å². The average molecular weight is 400 g/mol. The minimum Gasteiger partial charge on any atom is -0.383 e. The molecule has 0 unspecified atom stereocenters. The molecule has 0 saturated heterocycles. The Morgan fingerprint density at radius 3 is 2.40 bits per heavy atom. The predicted octanol–water partition coefficient (Wildman–Crippen LogP) is 1.93. The molecule has 6 heteroatoms. The summed E-state index contributed by atoms with van der Waals surface area (Å²) in [4.78, 5) is 6.46. The van der Waals surface area contributed by atoms with E-state index in [2.05, 4.69) is 34.5 Å². The number of halogens is 1. The minimum atomic E-state index is 0. The molecule has 0 aliphatic heterocycles. The lowest BCUT2D eigenvalue weighted by Gasteiger charge is -2.17. The lowest BCUT2D eigenvalue weighted by atomic mass is 10.2. The maximum atomic E-state index is 5.05. The third-order valence-corrected chi connectivity index (χ3v) is 3.01. The SMILES string of the molecule is CCCCCCNC(=NC)NCCN(C)CCOC.I. The molecule has 0 bridgehead atoms. The highest BCUT2D eigenvalue weighted by atomic mass is 127. The molecule has 0 radical (unpaired) electrons. The van der Waals surface area contributed by atoms with Crippen molar-refractivity contribution < 1.29 is 4.74 Å². The number of likely N-dealkylation sites (N-methyl/N-ethyl adjacent to an activating group) is 1. The van der Waals surface area contributed by atoms with Gasteiger partial charge in [-0.1, -0.05) is 26.2 Å². The summed E-state index contributed by atoms with van der Waals surface area (Å²) in [5.74, 6) is 0.900.